The van der Waals surface area contributed by atoms with E-state index in [2.05, 4.69) is 5.10 Å². The van der Waals surface area contributed by atoms with Gasteiger partial charge in [-0.15, -0.1) is 0 Å². The predicted octanol–water partition coefficient (Wildman–Crippen LogP) is 5.02. The number of rotatable bonds is 5. The number of hydrogen-bond donors (Lipinski definition) is 1. The molecule has 0 aliphatic heterocycles. The van der Waals surface area contributed by atoms with E-state index < -0.39 is 11.9 Å². The number of carbonyl (C=O) groups is 1. The lowest BCUT2D eigenvalue weighted by Crippen LogP contribution is -2.20. The summed E-state index contributed by atoms with van der Waals surface area (Å²) in [7, 11) is 0. The van der Waals surface area contributed by atoms with Crippen molar-refractivity contribution in [3.8, 4) is 5.69 Å². The van der Waals surface area contributed by atoms with Gasteiger partial charge in [-0.2, -0.15) is 5.10 Å². The standard InChI is InChI=1S/C23H19FN2O2/c1-15(23(27)28)22(16-5-3-2-4-6-16)17-7-12-21-18(13-17)14-25-26(21)20-10-8-19(24)9-11-20/h2-15,22H,1H3,(H,27,28). The number of carboxylic acids is 1. The first-order valence-electron chi connectivity index (χ1n) is 9.06. The Balaban J connectivity index is 1.80. The van der Waals surface area contributed by atoms with Gasteiger partial charge in [0.15, 0.2) is 0 Å². The summed E-state index contributed by atoms with van der Waals surface area (Å²) in [6.45, 7) is 1.73. The molecule has 2 atom stereocenters. The molecular formula is C23H19FN2O2. The highest BCUT2D eigenvalue weighted by atomic mass is 19.1. The molecule has 1 N–H and O–H groups in total. The first kappa shape index (κ1) is 17.9. The lowest BCUT2D eigenvalue weighted by molar-refractivity contribution is -0.141. The van der Waals surface area contributed by atoms with E-state index >= 15 is 0 Å². The zero-order valence-corrected chi connectivity index (χ0v) is 15.3. The van der Waals surface area contributed by atoms with E-state index in [4.69, 9.17) is 0 Å². The number of fused-ring (bicyclic) bond motifs is 1. The molecule has 28 heavy (non-hydrogen) atoms. The fraction of sp³-hybridized carbons (Fsp3) is 0.130. The van der Waals surface area contributed by atoms with Gasteiger partial charge in [-0.1, -0.05) is 43.3 Å². The lowest BCUT2D eigenvalue weighted by Gasteiger charge is -2.22. The summed E-state index contributed by atoms with van der Waals surface area (Å²) in [6, 6.07) is 21.7. The average Bonchev–Trinajstić information content (AvgIpc) is 3.13. The van der Waals surface area contributed by atoms with E-state index in [1.165, 1.54) is 12.1 Å². The Hall–Kier alpha value is -3.47. The summed E-state index contributed by atoms with van der Waals surface area (Å²) in [5.74, 6) is -1.98. The van der Waals surface area contributed by atoms with Crippen molar-refractivity contribution in [3.63, 3.8) is 0 Å². The number of nitrogens with zero attached hydrogens (tertiary/aromatic N) is 2. The Morgan fingerprint density at radius 2 is 1.71 bits per heavy atom. The van der Waals surface area contributed by atoms with Crippen LogP contribution in [0.15, 0.2) is 79.0 Å². The minimum atomic E-state index is -0.837. The van der Waals surface area contributed by atoms with E-state index in [1.54, 1.807) is 29.9 Å². The van der Waals surface area contributed by atoms with Crippen LogP contribution in [0.2, 0.25) is 0 Å². The molecule has 0 fully saturated rings. The van der Waals surface area contributed by atoms with Crippen LogP contribution in [0.5, 0.6) is 0 Å². The van der Waals surface area contributed by atoms with E-state index in [-0.39, 0.29) is 11.7 Å². The van der Waals surface area contributed by atoms with Crippen LogP contribution in [0.4, 0.5) is 4.39 Å². The highest BCUT2D eigenvalue weighted by Gasteiger charge is 2.27. The minimum absolute atomic E-state index is 0.266. The summed E-state index contributed by atoms with van der Waals surface area (Å²) in [4.78, 5) is 11.7. The molecular weight excluding hydrogens is 355 g/mol. The van der Waals surface area contributed by atoms with Gasteiger partial charge in [-0.3, -0.25) is 4.79 Å². The van der Waals surface area contributed by atoms with Crippen molar-refractivity contribution in [3.05, 3.63) is 95.9 Å². The molecule has 0 saturated carbocycles. The first-order valence-corrected chi connectivity index (χ1v) is 9.06. The summed E-state index contributed by atoms with van der Waals surface area (Å²) >= 11 is 0. The highest BCUT2D eigenvalue weighted by molar-refractivity contribution is 5.82. The predicted molar refractivity (Wildman–Crippen MR) is 106 cm³/mol. The summed E-state index contributed by atoms with van der Waals surface area (Å²) in [5, 5.41) is 14.9. The van der Waals surface area contributed by atoms with Gasteiger partial charge in [0, 0.05) is 11.3 Å². The Kier molecular flexibility index (Phi) is 4.65. The van der Waals surface area contributed by atoms with Crippen LogP contribution in [0.25, 0.3) is 16.6 Å². The van der Waals surface area contributed by atoms with Crippen LogP contribution >= 0.6 is 0 Å². The molecule has 0 radical (unpaired) electrons. The second kappa shape index (κ2) is 7.27. The maximum absolute atomic E-state index is 13.2. The maximum atomic E-state index is 13.2. The van der Waals surface area contributed by atoms with E-state index in [0.29, 0.717) is 0 Å². The van der Waals surface area contributed by atoms with Gasteiger partial charge in [0.1, 0.15) is 5.82 Å². The van der Waals surface area contributed by atoms with Gasteiger partial charge in [0.05, 0.1) is 23.3 Å². The highest BCUT2D eigenvalue weighted by Crippen LogP contribution is 2.34. The summed E-state index contributed by atoms with van der Waals surface area (Å²) in [5.41, 5.74) is 3.53. The van der Waals surface area contributed by atoms with E-state index in [1.807, 2.05) is 48.5 Å². The molecule has 1 aromatic heterocycles. The molecule has 2 unspecified atom stereocenters. The third kappa shape index (κ3) is 3.27. The van der Waals surface area contributed by atoms with Crippen LogP contribution in [0.3, 0.4) is 0 Å². The summed E-state index contributed by atoms with van der Waals surface area (Å²) in [6.07, 6.45) is 1.75. The number of hydrogen-bond acceptors (Lipinski definition) is 2. The Morgan fingerprint density at radius 1 is 1.00 bits per heavy atom. The van der Waals surface area contributed by atoms with E-state index in [0.717, 1.165) is 27.7 Å². The van der Waals surface area contributed by atoms with E-state index in [9.17, 15) is 14.3 Å². The van der Waals surface area contributed by atoms with Crippen molar-refractivity contribution in [1.82, 2.24) is 9.78 Å². The van der Waals surface area contributed by atoms with Crippen molar-refractivity contribution in [1.29, 1.82) is 0 Å². The molecule has 5 heteroatoms. The number of benzene rings is 3. The second-order valence-electron chi connectivity index (χ2n) is 6.87. The Morgan fingerprint density at radius 3 is 2.39 bits per heavy atom. The molecule has 140 valence electrons. The van der Waals surface area contributed by atoms with Gasteiger partial charge in [0.2, 0.25) is 0 Å². The minimum Gasteiger partial charge on any atom is -0.481 e. The third-order valence-corrected chi connectivity index (χ3v) is 5.07. The zero-order chi connectivity index (χ0) is 19.7. The first-order chi connectivity index (χ1) is 13.5. The molecule has 0 bridgehead atoms. The molecule has 4 nitrogen and oxygen atoms in total. The molecule has 0 amide bonds. The van der Waals surface area contributed by atoms with Crippen molar-refractivity contribution in [2.45, 2.75) is 12.8 Å². The largest absolute Gasteiger partial charge is 0.481 e. The van der Waals surface area contributed by atoms with Crippen molar-refractivity contribution in [2.75, 3.05) is 0 Å². The molecule has 4 aromatic rings. The monoisotopic (exact) mass is 374 g/mol. The smallest absolute Gasteiger partial charge is 0.307 e. The topological polar surface area (TPSA) is 55.1 Å². The maximum Gasteiger partial charge on any atom is 0.307 e. The molecule has 1 heterocycles. The van der Waals surface area contributed by atoms with Gasteiger partial charge in [-0.25, -0.2) is 9.07 Å². The van der Waals surface area contributed by atoms with Crippen LogP contribution in [-0.2, 0) is 4.79 Å². The third-order valence-electron chi connectivity index (χ3n) is 5.07. The number of aliphatic carboxylic acids is 1. The molecule has 0 aliphatic rings. The molecule has 0 spiro atoms. The van der Waals surface area contributed by atoms with Crippen LogP contribution < -0.4 is 0 Å². The van der Waals surface area contributed by atoms with Crippen molar-refractivity contribution in [2.24, 2.45) is 5.92 Å². The van der Waals surface area contributed by atoms with Gasteiger partial charge in [0.25, 0.3) is 0 Å². The van der Waals surface area contributed by atoms with Gasteiger partial charge in [-0.05, 0) is 47.5 Å². The van der Waals surface area contributed by atoms with Crippen molar-refractivity contribution < 1.29 is 14.3 Å². The fourth-order valence-corrected chi connectivity index (χ4v) is 3.61. The van der Waals surface area contributed by atoms with Crippen LogP contribution in [0, 0.1) is 11.7 Å². The quantitative estimate of drug-likeness (QED) is 0.534. The zero-order valence-electron chi connectivity index (χ0n) is 15.3. The molecule has 3 aromatic carbocycles. The Bertz CT molecular complexity index is 1120. The van der Waals surface area contributed by atoms with Gasteiger partial charge >= 0.3 is 5.97 Å². The number of carboxylic acid groups (broad SMARTS) is 1. The summed E-state index contributed by atoms with van der Waals surface area (Å²) < 4.78 is 15.0. The lowest BCUT2D eigenvalue weighted by atomic mass is 9.81. The van der Waals surface area contributed by atoms with Crippen LogP contribution in [0.1, 0.15) is 24.0 Å². The fourth-order valence-electron chi connectivity index (χ4n) is 3.61. The number of aromatic nitrogens is 2. The van der Waals surface area contributed by atoms with Crippen LogP contribution in [-0.4, -0.2) is 20.9 Å². The SMILES string of the molecule is CC(C(=O)O)C(c1ccccc1)c1ccc2c(cnn2-c2ccc(F)cc2)c1. The normalized spacial score (nSPS) is 13.4. The average molecular weight is 374 g/mol. The van der Waals surface area contributed by atoms with Gasteiger partial charge < -0.3 is 5.11 Å². The molecule has 4 rings (SSSR count). The second-order valence-corrected chi connectivity index (χ2v) is 6.87. The number of halogens is 1. The molecule has 0 aliphatic carbocycles. The molecule has 0 saturated heterocycles. The van der Waals surface area contributed by atoms with Crippen molar-refractivity contribution >= 4 is 16.9 Å². The Labute approximate surface area is 161 Å².